The van der Waals surface area contributed by atoms with E-state index < -0.39 is 26.9 Å². The SMILES string of the molecule is C[C@]1(c2ccccc2)C[C@@]1(NS(=O)(=O)c1ccc(-c2ccc(Cl)cc2)s1)C(=O)O. The van der Waals surface area contributed by atoms with Gasteiger partial charge in [-0.3, -0.25) is 4.79 Å². The van der Waals surface area contributed by atoms with Gasteiger partial charge in [0, 0.05) is 15.3 Å². The maximum atomic E-state index is 13.0. The largest absolute Gasteiger partial charge is 0.480 e. The number of carboxylic acids is 1. The monoisotopic (exact) mass is 447 g/mol. The van der Waals surface area contributed by atoms with E-state index in [0.717, 1.165) is 27.3 Å². The van der Waals surface area contributed by atoms with Crippen molar-refractivity contribution in [2.24, 2.45) is 0 Å². The molecule has 0 amide bonds. The van der Waals surface area contributed by atoms with Crippen LogP contribution in [0.1, 0.15) is 18.9 Å². The highest BCUT2D eigenvalue weighted by Crippen LogP contribution is 2.58. The number of rotatable bonds is 6. The molecule has 2 atom stereocenters. The van der Waals surface area contributed by atoms with Crippen LogP contribution < -0.4 is 4.72 Å². The molecule has 2 aromatic carbocycles. The first-order valence-electron chi connectivity index (χ1n) is 8.87. The number of benzene rings is 2. The number of aliphatic carboxylic acids is 1. The van der Waals surface area contributed by atoms with Crippen molar-refractivity contribution < 1.29 is 18.3 Å². The van der Waals surface area contributed by atoms with Crippen molar-refractivity contribution in [1.29, 1.82) is 0 Å². The number of carbonyl (C=O) groups is 1. The molecule has 0 saturated heterocycles. The zero-order chi connectivity index (χ0) is 20.9. The van der Waals surface area contributed by atoms with Crippen LogP contribution in [0.25, 0.3) is 10.4 Å². The fourth-order valence-electron chi connectivity index (χ4n) is 3.66. The van der Waals surface area contributed by atoms with Crippen LogP contribution >= 0.6 is 22.9 Å². The van der Waals surface area contributed by atoms with Crippen molar-refractivity contribution in [3.63, 3.8) is 0 Å². The maximum absolute atomic E-state index is 13.0. The zero-order valence-electron chi connectivity index (χ0n) is 15.4. The second-order valence-electron chi connectivity index (χ2n) is 7.32. The molecule has 5 nitrogen and oxygen atoms in total. The van der Waals surface area contributed by atoms with E-state index in [1.54, 1.807) is 25.1 Å². The van der Waals surface area contributed by atoms with Gasteiger partial charge in [0.25, 0.3) is 10.0 Å². The summed E-state index contributed by atoms with van der Waals surface area (Å²) in [5.74, 6) is -1.18. The van der Waals surface area contributed by atoms with Gasteiger partial charge in [0.05, 0.1) is 0 Å². The first kappa shape index (κ1) is 20.1. The Balaban J connectivity index is 1.65. The molecule has 1 heterocycles. The minimum atomic E-state index is -4.01. The standard InChI is InChI=1S/C21H18ClNO4S2/c1-20(15-5-3-2-4-6-15)13-21(20,19(24)25)23-29(26,27)18-12-11-17(28-18)14-7-9-16(22)10-8-14/h2-12,23H,13H2,1H3,(H,24,25)/t20-,21-/m1/s1. The summed E-state index contributed by atoms with van der Waals surface area (Å²) in [6.07, 6.45) is 0.188. The molecular weight excluding hydrogens is 430 g/mol. The summed E-state index contributed by atoms with van der Waals surface area (Å²) in [7, 11) is -4.01. The molecule has 0 bridgehead atoms. The van der Waals surface area contributed by atoms with E-state index in [0.29, 0.717) is 5.02 Å². The average molecular weight is 448 g/mol. The van der Waals surface area contributed by atoms with Gasteiger partial charge in [0.2, 0.25) is 0 Å². The van der Waals surface area contributed by atoms with Gasteiger partial charge in [-0.05, 0) is 41.8 Å². The van der Waals surface area contributed by atoms with E-state index in [1.807, 2.05) is 42.5 Å². The van der Waals surface area contributed by atoms with Crippen molar-refractivity contribution in [2.75, 3.05) is 0 Å². The van der Waals surface area contributed by atoms with Crippen molar-refractivity contribution >= 4 is 38.9 Å². The third-order valence-electron chi connectivity index (χ3n) is 5.50. The van der Waals surface area contributed by atoms with Gasteiger partial charge in [-0.2, -0.15) is 4.72 Å². The number of halogens is 1. The van der Waals surface area contributed by atoms with Gasteiger partial charge in [-0.25, -0.2) is 8.42 Å². The number of sulfonamides is 1. The predicted molar refractivity (Wildman–Crippen MR) is 114 cm³/mol. The van der Waals surface area contributed by atoms with Crippen molar-refractivity contribution in [1.82, 2.24) is 4.72 Å². The lowest BCUT2D eigenvalue weighted by atomic mass is 9.93. The van der Waals surface area contributed by atoms with Crippen LogP contribution in [-0.4, -0.2) is 25.0 Å². The minimum Gasteiger partial charge on any atom is -0.480 e. The Morgan fingerprint density at radius 3 is 2.34 bits per heavy atom. The van der Waals surface area contributed by atoms with Gasteiger partial charge in [0.1, 0.15) is 9.75 Å². The average Bonchev–Trinajstić information content (AvgIpc) is 3.05. The van der Waals surface area contributed by atoms with Crippen molar-refractivity contribution in [2.45, 2.75) is 28.5 Å². The highest BCUT2D eigenvalue weighted by atomic mass is 35.5. The third kappa shape index (κ3) is 3.38. The summed E-state index contributed by atoms with van der Waals surface area (Å²) in [5.41, 5.74) is -0.756. The first-order valence-corrected chi connectivity index (χ1v) is 11.5. The Bertz CT molecular complexity index is 1170. The Labute approximate surface area is 178 Å². The Morgan fingerprint density at radius 2 is 1.72 bits per heavy atom. The number of carboxylic acid groups (broad SMARTS) is 1. The van der Waals surface area contributed by atoms with Gasteiger partial charge in [-0.1, -0.05) is 61.0 Å². The molecule has 0 radical (unpaired) electrons. The molecule has 4 rings (SSSR count). The summed E-state index contributed by atoms with van der Waals surface area (Å²) in [6, 6.07) is 19.4. The number of thiophene rings is 1. The Hall–Kier alpha value is -2.19. The third-order valence-corrected chi connectivity index (χ3v) is 8.87. The van der Waals surface area contributed by atoms with Crippen LogP contribution in [0.2, 0.25) is 5.02 Å². The fraction of sp³-hybridized carbons (Fsp3) is 0.190. The molecular formula is C21H18ClNO4S2. The topological polar surface area (TPSA) is 83.5 Å². The highest BCUT2D eigenvalue weighted by Gasteiger charge is 2.72. The second kappa shape index (κ2) is 6.95. The highest BCUT2D eigenvalue weighted by molar-refractivity contribution is 7.91. The van der Waals surface area contributed by atoms with Crippen LogP contribution in [0.4, 0.5) is 0 Å². The van der Waals surface area contributed by atoms with Gasteiger partial charge >= 0.3 is 5.97 Å². The second-order valence-corrected chi connectivity index (χ2v) is 10.7. The van der Waals surface area contributed by atoms with Crippen LogP contribution in [0, 0.1) is 0 Å². The molecule has 0 unspecified atom stereocenters. The first-order chi connectivity index (χ1) is 13.7. The molecule has 8 heteroatoms. The molecule has 1 saturated carbocycles. The van der Waals surface area contributed by atoms with Crippen molar-refractivity contribution in [3.05, 3.63) is 77.3 Å². The molecule has 1 aliphatic carbocycles. The van der Waals surface area contributed by atoms with Crippen LogP contribution in [0.5, 0.6) is 0 Å². The molecule has 29 heavy (non-hydrogen) atoms. The molecule has 1 aliphatic rings. The van der Waals surface area contributed by atoms with E-state index in [1.165, 1.54) is 6.07 Å². The summed E-state index contributed by atoms with van der Waals surface area (Å²) in [6.45, 7) is 1.77. The van der Waals surface area contributed by atoms with Crippen LogP contribution in [0.3, 0.4) is 0 Å². The van der Waals surface area contributed by atoms with E-state index in [-0.39, 0.29) is 10.6 Å². The normalized spacial score (nSPS) is 23.7. The predicted octanol–water partition coefficient (Wildman–Crippen LogP) is 4.53. The molecule has 1 fully saturated rings. The van der Waals surface area contributed by atoms with E-state index in [4.69, 9.17) is 11.6 Å². The summed E-state index contributed by atoms with van der Waals surface area (Å²) < 4.78 is 28.6. The summed E-state index contributed by atoms with van der Waals surface area (Å²) in [5, 5.41) is 10.5. The lowest BCUT2D eigenvalue weighted by molar-refractivity contribution is -0.140. The number of hydrogen-bond donors (Lipinski definition) is 2. The smallest absolute Gasteiger partial charge is 0.325 e. The van der Waals surface area contributed by atoms with Crippen LogP contribution in [0.15, 0.2) is 70.9 Å². The van der Waals surface area contributed by atoms with Crippen LogP contribution in [-0.2, 0) is 20.2 Å². The fourth-order valence-corrected chi connectivity index (χ4v) is 6.55. The quantitative estimate of drug-likeness (QED) is 0.581. The van der Waals surface area contributed by atoms with Crippen molar-refractivity contribution in [3.8, 4) is 10.4 Å². The van der Waals surface area contributed by atoms with E-state index in [9.17, 15) is 18.3 Å². The molecule has 0 spiro atoms. The molecule has 2 N–H and O–H groups in total. The Morgan fingerprint density at radius 1 is 1.07 bits per heavy atom. The molecule has 150 valence electrons. The van der Waals surface area contributed by atoms with Gasteiger partial charge in [-0.15, -0.1) is 11.3 Å². The Kier molecular flexibility index (Phi) is 4.82. The summed E-state index contributed by atoms with van der Waals surface area (Å²) in [4.78, 5) is 12.9. The molecule has 0 aliphatic heterocycles. The molecule has 1 aromatic heterocycles. The zero-order valence-corrected chi connectivity index (χ0v) is 17.8. The number of nitrogens with one attached hydrogen (secondary N) is 1. The number of hydrogen-bond acceptors (Lipinski definition) is 4. The van der Waals surface area contributed by atoms with E-state index >= 15 is 0 Å². The lowest BCUT2D eigenvalue weighted by Crippen LogP contribution is -2.47. The minimum absolute atomic E-state index is 0.0744. The van der Waals surface area contributed by atoms with Gasteiger partial charge in [0.15, 0.2) is 0 Å². The molecule has 3 aromatic rings. The lowest BCUT2D eigenvalue weighted by Gasteiger charge is -2.20. The van der Waals surface area contributed by atoms with E-state index in [2.05, 4.69) is 4.72 Å². The maximum Gasteiger partial charge on any atom is 0.325 e. The van der Waals surface area contributed by atoms with Gasteiger partial charge < -0.3 is 5.11 Å². The summed E-state index contributed by atoms with van der Waals surface area (Å²) >= 11 is 6.99.